The molecule has 1 aromatic carbocycles. The van der Waals surface area contributed by atoms with Gasteiger partial charge in [-0.2, -0.15) is 10.4 Å². The van der Waals surface area contributed by atoms with Gasteiger partial charge in [0.2, 0.25) is 0 Å². The van der Waals surface area contributed by atoms with Crippen molar-refractivity contribution in [3.63, 3.8) is 0 Å². The molecule has 2 N–H and O–H groups in total. The highest BCUT2D eigenvalue weighted by Gasteiger charge is 2.30. The van der Waals surface area contributed by atoms with Crippen LogP contribution in [0.15, 0.2) is 35.3 Å². The number of pyridine rings is 1. The zero-order chi connectivity index (χ0) is 21.5. The summed E-state index contributed by atoms with van der Waals surface area (Å²) < 4.78 is 7.42. The van der Waals surface area contributed by atoms with Gasteiger partial charge in [0, 0.05) is 37.6 Å². The maximum atomic E-state index is 12.7. The Labute approximate surface area is 180 Å². The second-order valence-electron chi connectivity index (χ2n) is 8.63. The second-order valence-corrected chi connectivity index (χ2v) is 8.63. The highest BCUT2D eigenvalue weighted by Crippen LogP contribution is 2.33. The largest absolute Gasteiger partial charge is 0.379 e. The molecule has 3 aromatic rings. The molecular weight excluding hydrogens is 392 g/mol. The number of nitrogens with one attached hydrogen (secondary N) is 2. The van der Waals surface area contributed by atoms with Crippen LogP contribution in [0.3, 0.4) is 0 Å². The van der Waals surface area contributed by atoms with Gasteiger partial charge in [-0.05, 0) is 49.6 Å². The van der Waals surface area contributed by atoms with Crippen LogP contribution in [0.2, 0.25) is 0 Å². The van der Waals surface area contributed by atoms with Crippen LogP contribution in [0.1, 0.15) is 37.4 Å². The first-order chi connectivity index (χ1) is 15.0. The minimum absolute atomic E-state index is 0.203. The molecule has 0 saturated carbocycles. The fraction of sp³-hybridized carbons (Fsp3) is 0.435. The number of benzene rings is 1. The van der Waals surface area contributed by atoms with Crippen molar-refractivity contribution in [1.82, 2.24) is 19.7 Å². The van der Waals surface area contributed by atoms with Crippen LogP contribution >= 0.6 is 0 Å². The lowest BCUT2D eigenvalue weighted by molar-refractivity contribution is 0.0359. The van der Waals surface area contributed by atoms with E-state index in [4.69, 9.17) is 9.84 Å². The molecule has 5 rings (SSSR count). The summed E-state index contributed by atoms with van der Waals surface area (Å²) in [5.41, 5.74) is 4.03. The van der Waals surface area contributed by atoms with Gasteiger partial charge < -0.3 is 15.0 Å². The third-order valence-corrected chi connectivity index (χ3v) is 6.38. The fourth-order valence-corrected chi connectivity index (χ4v) is 4.55. The lowest BCUT2D eigenvalue weighted by Crippen LogP contribution is -2.30. The van der Waals surface area contributed by atoms with E-state index >= 15 is 0 Å². The number of ether oxygens (including phenoxy) is 1. The third kappa shape index (κ3) is 3.50. The third-order valence-electron chi connectivity index (χ3n) is 6.38. The highest BCUT2D eigenvalue weighted by atomic mass is 16.5. The molecule has 1 fully saturated rings. The molecule has 8 nitrogen and oxygen atoms in total. The molecule has 0 spiro atoms. The Balaban J connectivity index is 1.52. The molecule has 4 heterocycles. The van der Waals surface area contributed by atoms with Crippen LogP contribution in [0, 0.1) is 17.2 Å². The zero-order valence-electron chi connectivity index (χ0n) is 17.8. The van der Waals surface area contributed by atoms with Crippen molar-refractivity contribution in [2.24, 2.45) is 5.92 Å². The van der Waals surface area contributed by atoms with Gasteiger partial charge in [-0.15, -0.1) is 0 Å². The predicted octanol–water partition coefficient (Wildman–Crippen LogP) is 3.29. The summed E-state index contributed by atoms with van der Waals surface area (Å²) in [5.74, 6) is 0.295. The van der Waals surface area contributed by atoms with Crippen molar-refractivity contribution in [1.29, 1.82) is 5.26 Å². The van der Waals surface area contributed by atoms with Crippen molar-refractivity contribution in [2.45, 2.75) is 45.4 Å². The average molecular weight is 419 g/mol. The summed E-state index contributed by atoms with van der Waals surface area (Å²) in [6.07, 6.45) is 2.28. The molecule has 0 aliphatic carbocycles. The van der Waals surface area contributed by atoms with E-state index < -0.39 is 0 Å². The molecule has 2 aromatic heterocycles. The Morgan fingerprint density at radius 3 is 2.94 bits per heavy atom. The average Bonchev–Trinajstić information content (AvgIpc) is 3.36. The van der Waals surface area contributed by atoms with E-state index in [0.29, 0.717) is 42.4 Å². The van der Waals surface area contributed by atoms with E-state index in [1.165, 1.54) is 11.1 Å². The molecule has 0 radical (unpaired) electrons. The first-order valence-electron chi connectivity index (χ1n) is 10.8. The van der Waals surface area contributed by atoms with E-state index in [9.17, 15) is 10.1 Å². The number of H-pyrrole nitrogens is 1. The molecule has 0 bridgehead atoms. The van der Waals surface area contributed by atoms with Crippen LogP contribution in [0.25, 0.3) is 10.9 Å². The smallest absolute Gasteiger partial charge is 0.261 e. The molecule has 2 aliphatic rings. The van der Waals surface area contributed by atoms with E-state index in [1.54, 1.807) is 10.9 Å². The molecule has 2 unspecified atom stereocenters. The van der Waals surface area contributed by atoms with E-state index in [-0.39, 0.29) is 17.5 Å². The Kier molecular flexibility index (Phi) is 5.00. The summed E-state index contributed by atoms with van der Waals surface area (Å²) in [7, 11) is 0. The van der Waals surface area contributed by atoms with Gasteiger partial charge in [0.05, 0.1) is 30.2 Å². The van der Waals surface area contributed by atoms with Crippen molar-refractivity contribution >= 4 is 22.4 Å². The number of hydrogen-bond acceptors (Lipinski definition) is 6. The number of rotatable bonds is 4. The first-order valence-corrected chi connectivity index (χ1v) is 10.8. The van der Waals surface area contributed by atoms with Crippen molar-refractivity contribution < 1.29 is 4.74 Å². The molecule has 0 amide bonds. The molecule has 8 heteroatoms. The zero-order valence-corrected chi connectivity index (χ0v) is 17.8. The van der Waals surface area contributed by atoms with Crippen molar-refractivity contribution in [3.8, 4) is 6.07 Å². The summed E-state index contributed by atoms with van der Waals surface area (Å²) >= 11 is 0. The van der Waals surface area contributed by atoms with Crippen molar-refractivity contribution in [3.05, 3.63) is 51.9 Å². The summed E-state index contributed by atoms with van der Waals surface area (Å²) in [5, 5.41) is 18.2. The molecule has 31 heavy (non-hydrogen) atoms. The number of anilines is 2. The number of nitrogens with zero attached hydrogens (tertiary/aromatic N) is 4. The molecule has 2 aliphatic heterocycles. The Morgan fingerprint density at radius 1 is 1.29 bits per heavy atom. The van der Waals surface area contributed by atoms with Gasteiger partial charge in [-0.25, -0.2) is 0 Å². The van der Waals surface area contributed by atoms with E-state index in [2.05, 4.69) is 47.3 Å². The number of aromatic nitrogens is 3. The predicted molar refractivity (Wildman–Crippen MR) is 118 cm³/mol. The first kappa shape index (κ1) is 19.8. The van der Waals surface area contributed by atoms with Gasteiger partial charge in [0.1, 0.15) is 5.39 Å². The fourth-order valence-electron chi connectivity index (χ4n) is 4.55. The summed E-state index contributed by atoms with van der Waals surface area (Å²) in [6.45, 7) is 7.27. The van der Waals surface area contributed by atoms with Crippen LogP contribution in [0.4, 0.5) is 11.5 Å². The quantitative estimate of drug-likeness (QED) is 0.675. The maximum Gasteiger partial charge on any atom is 0.261 e. The number of fused-ring (bicyclic) bond motifs is 2. The monoisotopic (exact) mass is 418 g/mol. The maximum absolute atomic E-state index is 12.7. The minimum Gasteiger partial charge on any atom is -0.379 e. The topological polar surface area (TPSA) is 99.0 Å². The molecule has 1 saturated heterocycles. The number of hydrogen-bond donors (Lipinski definition) is 2. The standard InChI is InChI=1S/C23H26N6O2/c1-14(2)28-11-16-3-4-18(9-17(16)12-28)26-22-21-19(5-7-25-23(21)30)29(27-22)20-13-31-8-6-15(20)10-24/h3-5,7,9,14-15,20H,6,8,11-13H2,1-2H3,(H,25,30)(H,26,27). The van der Waals surface area contributed by atoms with Gasteiger partial charge in [0.15, 0.2) is 5.82 Å². The van der Waals surface area contributed by atoms with Crippen LogP contribution in [0.5, 0.6) is 0 Å². The summed E-state index contributed by atoms with van der Waals surface area (Å²) in [4.78, 5) is 17.9. The van der Waals surface area contributed by atoms with Crippen LogP contribution in [-0.4, -0.2) is 38.9 Å². The Morgan fingerprint density at radius 2 is 2.13 bits per heavy atom. The highest BCUT2D eigenvalue weighted by molar-refractivity contribution is 5.91. The van der Waals surface area contributed by atoms with Gasteiger partial charge in [0.25, 0.3) is 5.56 Å². The number of nitriles is 1. The van der Waals surface area contributed by atoms with Crippen LogP contribution in [-0.2, 0) is 17.8 Å². The summed E-state index contributed by atoms with van der Waals surface area (Å²) in [6, 6.07) is 10.8. The molecule has 2 atom stereocenters. The van der Waals surface area contributed by atoms with Crippen LogP contribution < -0.4 is 10.9 Å². The van der Waals surface area contributed by atoms with E-state index in [1.807, 2.05) is 12.1 Å². The SMILES string of the molecule is CC(C)N1Cc2ccc(Nc3nn(C4COCCC4C#N)c4cc[nH]c(=O)c34)cc2C1. The van der Waals surface area contributed by atoms with E-state index in [0.717, 1.165) is 18.8 Å². The van der Waals surface area contributed by atoms with Gasteiger partial charge >= 0.3 is 0 Å². The lowest BCUT2D eigenvalue weighted by Gasteiger charge is -2.27. The normalized spacial score (nSPS) is 21.4. The Bertz CT molecular complexity index is 1220. The lowest BCUT2D eigenvalue weighted by atomic mass is 9.96. The second kappa shape index (κ2) is 7.84. The Hall–Kier alpha value is -3.15. The van der Waals surface area contributed by atoms with Gasteiger partial charge in [-0.1, -0.05) is 6.07 Å². The minimum atomic E-state index is -0.224. The van der Waals surface area contributed by atoms with Crippen molar-refractivity contribution in [2.75, 3.05) is 18.5 Å². The number of aromatic amines is 1. The molecular formula is C23H26N6O2. The van der Waals surface area contributed by atoms with Gasteiger partial charge in [-0.3, -0.25) is 14.4 Å². The molecule has 160 valence electrons.